The van der Waals surface area contributed by atoms with Crippen molar-refractivity contribution in [3.8, 4) is 0 Å². The summed E-state index contributed by atoms with van der Waals surface area (Å²) in [6.07, 6.45) is 1.80. The van der Waals surface area contributed by atoms with E-state index in [0.717, 1.165) is 16.6 Å². The number of thiazole rings is 1. The largest absolute Gasteiger partial charge is 0.359 e. The first-order valence-electron chi connectivity index (χ1n) is 6.42. The van der Waals surface area contributed by atoms with Crippen LogP contribution in [0.5, 0.6) is 0 Å². The van der Waals surface area contributed by atoms with Gasteiger partial charge in [-0.1, -0.05) is 32.4 Å². The quantitative estimate of drug-likeness (QED) is 0.862. The Balaban J connectivity index is 2.32. The van der Waals surface area contributed by atoms with Gasteiger partial charge in [-0.25, -0.2) is 15.0 Å². The molecule has 2 heterocycles. The van der Waals surface area contributed by atoms with Crippen LogP contribution in [0.3, 0.4) is 0 Å². The molecule has 0 atom stereocenters. The van der Waals surface area contributed by atoms with Crippen molar-refractivity contribution >= 4 is 28.8 Å². The van der Waals surface area contributed by atoms with E-state index >= 15 is 0 Å². The lowest BCUT2D eigenvalue weighted by molar-refractivity contribution is 0.541. The van der Waals surface area contributed by atoms with Crippen molar-refractivity contribution < 1.29 is 0 Å². The predicted octanol–water partition coefficient (Wildman–Crippen LogP) is 4.23. The van der Waals surface area contributed by atoms with Crippen LogP contribution in [0.1, 0.15) is 45.5 Å². The molecule has 2 aromatic heterocycles. The molecule has 0 radical (unpaired) electrons. The van der Waals surface area contributed by atoms with Gasteiger partial charge in [0.2, 0.25) is 0 Å². The summed E-state index contributed by atoms with van der Waals surface area (Å²) >= 11 is 7.72. The van der Waals surface area contributed by atoms with E-state index in [2.05, 4.69) is 54.9 Å². The average molecular weight is 311 g/mol. The van der Waals surface area contributed by atoms with Crippen LogP contribution in [0.25, 0.3) is 0 Å². The van der Waals surface area contributed by atoms with E-state index in [4.69, 9.17) is 11.6 Å². The molecule has 0 amide bonds. The molecule has 6 heteroatoms. The number of halogens is 1. The first kappa shape index (κ1) is 15.2. The van der Waals surface area contributed by atoms with Gasteiger partial charge in [0.1, 0.15) is 21.8 Å². The fourth-order valence-electron chi connectivity index (χ4n) is 1.72. The Hall–Kier alpha value is -1.20. The van der Waals surface area contributed by atoms with Crippen LogP contribution in [0.2, 0.25) is 5.15 Å². The number of nitrogens with one attached hydrogen (secondary N) is 1. The van der Waals surface area contributed by atoms with Gasteiger partial charge in [-0.05, 0) is 13.8 Å². The number of hydrogen-bond donors (Lipinski definition) is 1. The molecule has 0 aliphatic rings. The van der Waals surface area contributed by atoms with E-state index in [0.29, 0.717) is 5.15 Å². The third-order valence-corrected chi connectivity index (χ3v) is 4.06. The smallest absolute Gasteiger partial charge is 0.137 e. The van der Waals surface area contributed by atoms with Crippen LogP contribution in [-0.2, 0) is 11.0 Å². The van der Waals surface area contributed by atoms with Gasteiger partial charge in [0.05, 0.1) is 5.54 Å². The normalized spacial score (nSPS) is 12.5. The van der Waals surface area contributed by atoms with Gasteiger partial charge in [0, 0.05) is 23.1 Å². The third kappa shape index (κ3) is 3.46. The highest BCUT2D eigenvalue weighted by Crippen LogP contribution is 2.28. The molecule has 1 N–H and O–H groups in total. The Bertz CT molecular complexity index is 588. The number of hydrogen-bond acceptors (Lipinski definition) is 5. The zero-order chi connectivity index (χ0) is 15.0. The molecular weight excluding hydrogens is 292 g/mol. The zero-order valence-corrected chi connectivity index (χ0v) is 13.9. The number of anilines is 1. The molecule has 0 bridgehead atoms. The fraction of sp³-hybridized carbons (Fsp3) is 0.500. The van der Waals surface area contributed by atoms with Gasteiger partial charge < -0.3 is 5.32 Å². The molecule has 0 aromatic carbocycles. The summed E-state index contributed by atoms with van der Waals surface area (Å²) < 4.78 is 0. The molecular formula is C14H19ClN4S. The van der Waals surface area contributed by atoms with Crippen molar-refractivity contribution in [3.05, 3.63) is 33.6 Å². The average Bonchev–Trinajstić information content (AvgIpc) is 2.79. The van der Waals surface area contributed by atoms with Crippen LogP contribution in [-0.4, -0.2) is 15.0 Å². The predicted molar refractivity (Wildman–Crippen MR) is 84.5 cm³/mol. The van der Waals surface area contributed by atoms with Gasteiger partial charge in [-0.15, -0.1) is 11.3 Å². The van der Waals surface area contributed by atoms with E-state index in [9.17, 15) is 0 Å². The molecule has 0 fully saturated rings. The maximum atomic E-state index is 6.11. The highest BCUT2D eigenvalue weighted by molar-refractivity contribution is 7.09. The number of rotatable bonds is 3. The monoisotopic (exact) mass is 310 g/mol. The van der Waals surface area contributed by atoms with Crippen LogP contribution in [0, 0.1) is 0 Å². The van der Waals surface area contributed by atoms with E-state index in [1.54, 1.807) is 23.6 Å². The van der Waals surface area contributed by atoms with Crippen molar-refractivity contribution in [1.29, 1.82) is 0 Å². The standard InChI is InChI=1S/C14H19ClN4S/c1-13(2,3)11-17-9(15)8-10(18-11)19-14(4,5)12-16-6-7-20-12/h6-8H,1-5H3,(H,17,18,19). The second-order valence-corrected chi connectivity index (χ2v) is 7.52. The SMILES string of the molecule is CC(C)(C)c1nc(Cl)cc(NC(C)(C)c2nccs2)n1. The summed E-state index contributed by atoms with van der Waals surface area (Å²) in [4.78, 5) is 13.2. The van der Waals surface area contributed by atoms with Gasteiger partial charge in [-0.3, -0.25) is 0 Å². The maximum Gasteiger partial charge on any atom is 0.137 e. The van der Waals surface area contributed by atoms with Gasteiger partial charge in [0.25, 0.3) is 0 Å². The van der Waals surface area contributed by atoms with Crippen LogP contribution in [0.4, 0.5) is 5.82 Å². The highest BCUT2D eigenvalue weighted by atomic mass is 35.5. The summed E-state index contributed by atoms with van der Waals surface area (Å²) in [5.74, 6) is 1.44. The minimum absolute atomic E-state index is 0.146. The molecule has 0 aliphatic carbocycles. The molecule has 4 nitrogen and oxygen atoms in total. The van der Waals surface area contributed by atoms with E-state index < -0.39 is 0 Å². The molecule has 2 aromatic rings. The maximum absolute atomic E-state index is 6.11. The second-order valence-electron chi connectivity index (χ2n) is 6.24. The lowest BCUT2D eigenvalue weighted by Gasteiger charge is -2.26. The van der Waals surface area contributed by atoms with Crippen molar-refractivity contribution in [1.82, 2.24) is 15.0 Å². The first-order chi connectivity index (χ1) is 9.18. The van der Waals surface area contributed by atoms with Crippen LogP contribution >= 0.6 is 22.9 Å². The third-order valence-electron chi connectivity index (χ3n) is 2.77. The summed E-state index contributed by atoms with van der Waals surface area (Å²) in [5.41, 5.74) is -0.451. The number of nitrogens with zero attached hydrogens (tertiary/aromatic N) is 3. The second kappa shape index (κ2) is 5.30. The topological polar surface area (TPSA) is 50.7 Å². The minimum atomic E-state index is -0.305. The van der Waals surface area contributed by atoms with Crippen molar-refractivity contribution in [2.24, 2.45) is 0 Å². The Morgan fingerprint density at radius 2 is 1.85 bits per heavy atom. The minimum Gasteiger partial charge on any atom is -0.359 e. The Labute approximate surface area is 128 Å². The van der Waals surface area contributed by atoms with Crippen molar-refractivity contribution in [2.45, 2.75) is 45.6 Å². The molecule has 20 heavy (non-hydrogen) atoms. The van der Waals surface area contributed by atoms with E-state index in [1.165, 1.54) is 0 Å². The van der Waals surface area contributed by atoms with Gasteiger partial charge >= 0.3 is 0 Å². The van der Waals surface area contributed by atoms with E-state index in [-0.39, 0.29) is 11.0 Å². The molecule has 2 rings (SSSR count). The lowest BCUT2D eigenvalue weighted by atomic mass is 9.96. The van der Waals surface area contributed by atoms with Crippen LogP contribution in [0.15, 0.2) is 17.6 Å². The van der Waals surface area contributed by atoms with Crippen LogP contribution < -0.4 is 5.32 Å². The molecule has 0 saturated carbocycles. The van der Waals surface area contributed by atoms with Crippen molar-refractivity contribution in [2.75, 3.05) is 5.32 Å². The summed E-state index contributed by atoms with van der Waals surface area (Å²) in [5, 5.41) is 6.80. The van der Waals surface area contributed by atoms with Gasteiger partial charge in [0.15, 0.2) is 0 Å². The Kier molecular flexibility index (Phi) is 4.02. The zero-order valence-electron chi connectivity index (χ0n) is 12.4. The first-order valence-corrected chi connectivity index (χ1v) is 7.67. The highest BCUT2D eigenvalue weighted by Gasteiger charge is 2.25. The van der Waals surface area contributed by atoms with Gasteiger partial charge in [-0.2, -0.15) is 0 Å². The molecule has 0 aliphatic heterocycles. The Morgan fingerprint density at radius 1 is 1.15 bits per heavy atom. The Morgan fingerprint density at radius 3 is 2.40 bits per heavy atom. The molecule has 0 unspecified atom stereocenters. The molecule has 108 valence electrons. The summed E-state index contributed by atoms with van der Waals surface area (Å²) in [6.45, 7) is 10.3. The van der Waals surface area contributed by atoms with E-state index in [1.807, 2.05) is 5.38 Å². The lowest BCUT2D eigenvalue weighted by Crippen LogP contribution is -2.29. The fourth-order valence-corrected chi connectivity index (χ4v) is 2.62. The number of aromatic nitrogens is 3. The molecule has 0 saturated heterocycles. The summed E-state index contributed by atoms with van der Waals surface area (Å²) in [7, 11) is 0. The van der Waals surface area contributed by atoms with Crippen molar-refractivity contribution in [3.63, 3.8) is 0 Å². The molecule has 0 spiro atoms. The summed E-state index contributed by atoms with van der Waals surface area (Å²) in [6, 6.07) is 1.74.